The van der Waals surface area contributed by atoms with Crippen molar-refractivity contribution in [3.63, 3.8) is 0 Å². The zero-order valence-corrected chi connectivity index (χ0v) is 17.7. The lowest BCUT2D eigenvalue weighted by atomic mass is 10.1. The number of likely N-dealkylation sites (tertiary alicyclic amines) is 1. The Kier molecular flexibility index (Phi) is 7.73. The standard InChI is InChI=1S/C18H27N3OS.C2HF3O2/c22-18(21-9-3-4-10-21)17-19-15-7-11-20(12-8-16(15)23-17)13-14-5-1-2-6-14;3-2(4,5)1(6)7/h14H,1-13H2;(H,6,7). The van der Waals surface area contributed by atoms with Gasteiger partial charge in [0, 0.05) is 44.0 Å². The largest absolute Gasteiger partial charge is 0.490 e. The predicted octanol–water partition coefficient (Wildman–Crippen LogP) is 3.60. The third-order valence-electron chi connectivity index (χ3n) is 5.91. The van der Waals surface area contributed by atoms with E-state index in [4.69, 9.17) is 14.9 Å². The highest BCUT2D eigenvalue weighted by molar-refractivity contribution is 7.13. The van der Waals surface area contributed by atoms with Crippen LogP contribution in [0.4, 0.5) is 13.2 Å². The second-order valence-electron chi connectivity index (χ2n) is 8.14. The van der Waals surface area contributed by atoms with E-state index in [0.29, 0.717) is 0 Å². The van der Waals surface area contributed by atoms with Gasteiger partial charge in [0.2, 0.25) is 0 Å². The fraction of sp³-hybridized carbons (Fsp3) is 0.750. The van der Waals surface area contributed by atoms with Crippen LogP contribution in [0.2, 0.25) is 0 Å². The van der Waals surface area contributed by atoms with Crippen LogP contribution in [0.1, 0.15) is 58.9 Å². The lowest BCUT2D eigenvalue weighted by molar-refractivity contribution is -0.192. The van der Waals surface area contributed by atoms with Crippen molar-refractivity contribution < 1.29 is 27.9 Å². The van der Waals surface area contributed by atoms with Gasteiger partial charge in [0.15, 0.2) is 5.01 Å². The number of amides is 1. The van der Waals surface area contributed by atoms with Crippen molar-refractivity contribution in [1.29, 1.82) is 0 Å². The van der Waals surface area contributed by atoms with E-state index in [0.717, 1.165) is 62.8 Å². The Hall–Kier alpha value is -1.68. The molecule has 1 aromatic heterocycles. The minimum atomic E-state index is -5.08. The van der Waals surface area contributed by atoms with Gasteiger partial charge in [0.05, 0.1) is 5.69 Å². The highest BCUT2D eigenvalue weighted by Crippen LogP contribution is 2.28. The SMILES string of the molecule is O=C(O)C(F)(F)F.O=C(c1nc2c(s1)CCN(CC1CCCC1)CC2)N1CCCC1. The molecule has 6 nitrogen and oxygen atoms in total. The summed E-state index contributed by atoms with van der Waals surface area (Å²) in [4.78, 5) is 32.1. The van der Waals surface area contributed by atoms with E-state index in [9.17, 15) is 18.0 Å². The molecule has 0 aromatic carbocycles. The molecule has 0 unspecified atom stereocenters. The van der Waals surface area contributed by atoms with E-state index < -0.39 is 12.1 Å². The molecule has 0 atom stereocenters. The highest BCUT2D eigenvalue weighted by Gasteiger charge is 2.38. The second kappa shape index (κ2) is 10.1. The maximum atomic E-state index is 12.5. The lowest BCUT2D eigenvalue weighted by Gasteiger charge is -2.23. The van der Waals surface area contributed by atoms with Crippen molar-refractivity contribution in [1.82, 2.24) is 14.8 Å². The predicted molar refractivity (Wildman–Crippen MR) is 107 cm³/mol. The Labute approximate surface area is 178 Å². The molecule has 1 aliphatic carbocycles. The molecular formula is C20H28F3N3O3S. The number of thiazole rings is 1. The normalized spacial score (nSPS) is 20.4. The molecule has 30 heavy (non-hydrogen) atoms. The van der Waals surface area contributed by atoms with Gasteiger partial charge in [-0.05, 0) is 38.0 Å². The first kappa shape index (κ1) is 23.0. The number of fused-ring (bicyclic) bond motifs is 1. The van der Waals surface area contributed by atoms with Gasteiger partial charge in [0.1, 0.15) is 0 Å². The van der Waals surface area contributed by atoms with Crippen molar-refractivity contribution in [3.8, 4) is 0 Å². The summed E-state index contributed by atoms with van der Waals surface area (Å²) < 4.78 is 31.7. The number of carbonyl (C=O) groups is 2. The number of alkyl halides is 3. The Morgan fingerprint density at radius 1 is 1.03 bits per heavy atom. The van der Waals surface area contributed by atoms with Gasteiger partial charge >= 0.3 is 12.1 Å². The minimum absolute atomic E-state index is 0.170. The van der Waals surface area contributed by atoms with Crippen molar-refractivity contribution in [2.75, 3.05) is 32.7 Å². The molecule has 0 bridgehead atoms. The van der Waals surface area contributed by atoms with Gasteiger partial charge in [-0.25, -0.2) is 9.78 Å². The summed E-state index contributed by atoms with van der Waals surface area (Å²) in [7, 11) is 0. The Bertz CT molecular complexity index is 716. The molecule has 0 radical (unpaired) electrons. The summed E-state index contributed by atoms with van der Waals surface area (Å²) >= 11 is 1.66. The number of aliphatic carboxylic acids is 1. The third-order valence-corrected chi connectivity index (χ3v) is 7.05. The number of nitrogens with zero attached hydrogens (tertiary/aromatic N) is 3. The van der Waals surface area contributed by atoms with E-state index in [-0.39, 0.29) is 5.91 Å². The van der Waals surface area contributed by atoms with E-state index in [2.05, 4.69) is 4.90 Å². The summed E-state index contributed by atoms with van der Waals surface area (Å²) in [6.45, 7) is 5.36. The summed E-state index contributed by atoms with van der Waals surface area (Å²) in [6, 6.07) is 0. The van der Waals surface area contributed by atoms with Gasteiger partial charge in [0.25, 0.3) is 5.91 Å². The Morgan fingerprint density at radius 3 is 2.23 bits per heavy atom. The quantitative estimate of drug-likeness (QED) is 0.767. The molecule has 4 rings (SSSR count). The molecule has 3 aliphatic rings. The number of hydrogen-bond donors (Lipinski definition) is 1. The molecule has 1 N–H and O–H groups in total. The van der Waals surface area contributed by atoms with Crippen LogP contribution < -0.4 is 0 Å². The molecule has 1 saturated carbocycles. The number of hydrogen-bond acceptors (Lipinski definition) is 5. The van der Waals surface area contributed by atoms with Crippen LogP contribution in [0.25, 0.3) is 0 Å². The molecule has 3 heterocycles. The average molecular weight is 448 g/mol. The summed E-state index contributed by atoms with van der Waals surface area (Å²) in [6.07, 6.45) is 5.00. The van der Waals surface area contributed by atoms with E-state index in [1.807, 2.05) is 4.90 Å². The maximum absolute atomic E-state index is 12.5. The number of rotatable bonds is 3. The number of carboxylic acids is 1. The fourth-order valence-corrected chi connectivity index (χ4v) is 5.36. The number of carbonyl (C=O) groups excluding carboxylic acids is 1. The van der Waals surface area contributed by atoms with Crippen molar-refractivity contribution in [2.24, 2.45) is 5.92 Å². The second-order valence-corrected chi connectivity index (χ2v) is 9.23. The van der Waals surface area contributed by atoms with Crippen LogP contribution in [-0.2, 0) is 17.6 Å². The number of halogens is 3. The van der Waals surface area contributed by atoms with Crippen LogP contribution >= 0.6 is 11.3 Å². The van der Waals surface area contributed by atoms with Crippen LogP contribution in [-0.4, -0.2) is 70.7 Å². The van der Waals surface area contributed by atoms with Gasteiger partial charge in [-0.3, -0.25) is 4.79 Å². The average Bonchev–Trinajstić information content (AvgIpc) is 3.43. The number of aromatic nitrogens is 1. The molecule has 10 heteroatoms. The van der Waals surface area contributed by atoms with Crippen molar-refractivity contribution in [3.05, 3.63) is 15.6 Å². The van der Waals surface area contributed by atoms with Crippen LogP contribution in [0.3, 0.4) is 0 Å². The monoisotopic (exact) mass is 447 g/mol. The Morgan fingerprint density at radius 2 is 1.63 bits per heavy atom. The molecule has 0 spiro atoms. The van der Waals surface area contributed by atoms with Crippen molar-refractivity contribution in [2.45, 2.75) is 57.5 Å². The van der Waals surface area contributed by atoms with Gasteiger partial charge < -0.3 is 14.9 Å². The Balaban J connectivity index is 0.000000318. The third kappa shape index (κ3) is 6.16. The van der Waals surface area contributed by atoms with Crippen molar-refractivity contribution >= 4 is 23.2 Å². The molecule has 2 aliphatic heterocycles. The molecular weight excluding hydrogens is 419 g/mol. The zero-order chi connectivity index (χ0) is 21.7. The molecule has 1 aromatic rings. The highest BCUT2D eigenvalue weighted by atomic mass is 32.1. The first-order chi connectivity index (χ1) is 14.2. The van der Waals surface area contributed by atoms with Gasteiger partial charge in [-0.1, -0.05) is 12.8 Å². The molecule has 168 valence electrons. The first-order valence-corrected chi connectivity index (χ1v) is 11.4. The lowest BCUT2D eigenvalue weighted by Crippen LogP contribution is -2.31. The van der Waals surface area contributed by atoms with Crippen LogP contribution in [0.15, 0.2) is 0 Å². The van der Waals surface area contributed by atoms with Gasteiger partial charge in [-0.2, -0.15) is 13.2 Å². The minimum Gasteiger partial charge on any atom is -0.475 e. The van der Waals surface area contributed by atoms with E-state index in [1.165, 1.54) is 42.8 Å². The summed E-state index contributed by atoms with van der Waals surface area (Å²) in [5.41, 5.74) is 1.20. The number of carboxylic acid groups (broad SMARTS) is 1. The summed E-state index contributed by atoms with van der Waals surface area (Å²) in [5, 5.41) is 7.86. The molecule has 1 saturated heterocycles. The topological polar surface area (TPSA) is 73.7 Å². The maximum Gasteiger partial charge on any atom is 0.490 e. The van der Waals surface area contributed by atoms with Crippen LogP contribution in [0, 0.1) is 5.92 Å². The fourth-order valence-electron chi connectivity index (χ4n) is 4.30. The first-order valence-electron chi connectivity index (χ1n) is 10.5. The molecule has 1 amide bonds. The van der Waals surface area contributed by atoms with E-state index in [1.54, 1.807) is 11.3 Å². The smallest absolute Gasteiger partial charge is 0.475 e. The molecule has 2 fully saturated rings. The zero-order valence-electron chi connectivity index (χ0n) is 16.9. The summed E-state index contributed by atoms with van der Waals surface area (Å²) in [5.74, 6) is -1.66. The van der Waals surface area contributed by atoms with E-state index >= 15 is 0 Å². The van der Waals surface area contributed by atoms with Crippen LogP contribution in [0.5, 0.6) is 0 Å². The van der Waals surface area contributed by atoms with Gasteiger partial charge in [-0.15, -0.1) is 11.3 Å².